The number of rotatable bonds is 4. The summed E-state index contributed by atoms with van der Waals surface area (Å²) in [5.74, 6) is -1.98. The molecule has 0 saturated carbocycles. The van der Waals surface area contributed by atoms with Gasteiger partial charge >= 0.3 is 11.9 Å². The Hall–Kier alpha value is -3.27. The van der Waals surface area contributed by atoms with E-state index in [0.29, 0.717) is 18.3 Å². The molecule has 0 unspecified atom stereocenters. The second kappa shape index (κ2) is 8.90. The third-order valence-corrected chi connectivity index (χ3v) is 3.91. The van der Waals surface area contributed by atoms with E-state index >= 15 is 0 Å². The van der Waals surface area contributed by atoms with E-state index in [4.69, 9.17) is 24.3 Å². The van der Waals surface area contributed by atoms with Gasteiger partial charge in [0.15, 0.2) is 5.82 Å². The van der Waals surface area contributed by atoms with Crippen LogP contribution in [0.4, 0.5) is 5.69 Å². The highest BCUT2D eigenvalue weighted by Crippen LogP contribution is 2.25. The Kier molecular flexibility index (Phi) is 6.61. The first-order valence-corrected chi connectivity index (χ1v) is 8.08. The lowest BCUT2D eigenvalue weighted by molar-refractivity contribution is -0.159. The van der Waals surface area contributed by atoms with Crippen LogP contribution in [-0.2, 0) is 14.4 Å². The first-order valence-electron chi connectivity index (χ1n) is 8.08. The summed E-state index contributed by atoms with van der Waals surface area (Å²) in [4.78, 5) is 38.4. The summed E-state index contributed by atoms with van der Waals surface area (Å²) < 4.78 is 5.16. The zero-order valence-electron chi connectivity index (χ0n) is 14.9. The van der Waals surface area contributed by atoms with Crippen molar-refractivity contribution in [3.8, 4) is 0 Å². The summed E-state index contributed by atoms with van der Waals surface area (Å²) in [5, 5.41) is 18.6. The van der Waals surface area contributed by atoms with E-state index < -0.39 is 11.9 Å². The Labute approximate surface area is 155 Å². The Morgan fingerprint density at radius 1 is 1.19 bits per heavy atom. The lowest BCUT2D eigenvalue weighted by Crippen LogP contribution is -2.50. The average Bonchev–Trinajstić information content (AvgIpc) is 3.03. The minimum Gasteiger partial charge on any atom is -0.473 e. The molecule has 0 bridgehead atoms. The van der Waals surface area contributed by atoms with Gasteiger partial charge < -0.3 is 19.6 Å². The summed E-state index contributed by atoms with van der Waals surface area (Å²) in [7, 11) is 1.80. The minimum absolute atomic E-state index is 0.0846. The van der Waals surface area contributed by atoms with E-state index in [1.807, 2.05) is 37.3 Å². The van der Waals surface area contributed by atoms with E-state index in [1.165, 1.54) is 0 Å². The first kappa shape index (κ1) is 20.0. The highest BCUT2D eigenvalue weighted by atomic mass is 16.5. The molecule has 1 aliphatic rings. The predicted molar refractivity (Wildman–Crippen MR) is 93.3 cm³/mol. The van der Waals surface area contributed by atoms with E-state index in [-0.39, 0.29) is 11.8 Å². The highest BCUT2D eigenvalue weighted by molar-refractivity contribution is 6.27. The van der Waals surface area contributed by atoms with Crippen LogP contribution in [0.15, 0.2) is 34.9 Å². The molecule has 0 atom stereocenters. The number of hydrogen-bond donors (Lipinski definition) is 2. The molecule has 1 saturated heterocycles. The standard InChI is InChI=1S/C15H18N4O2.C2H2O4/c1-11-16-15(21-17-11)12-8-19(9-12)10-14(20)18(2)13-6-4-3-5-7-13;3-1(4)2(5)6/h3-7,12H,8-10H2,1-2H3;(H,3,4)(H,5,6). The van der Waals surface area contributed by atoms with Crippen LogP contribution in [0.2, 0.25) is 0 Å². The maximum Gasteiger partial charge on any atom is 0.414 e. The maximum absolute atomic E-state index is 12.2. The van der Waals surface area contributed by atoms with Crippen molar-refractivity contribution in [2.45, 2.75) is 12.8 Å². The molecule has 1 aromatic carbocycles. The van der Waals surface area contributed by atoms with E-state index in [2.05, 4.69) is 15.0 Å². The first-order chi connectivity index (χ1) is 12.8. The number of para-hydroxylation sites is 1. The molecule has 3 rings (SSSR count). The van der Waals surface area contributed by atoms with Crippen molar-refractivity contribution in [2.24, 2.45) is 0 Å². The fourth-order valence-corrected chi connectivity index (χ4v) is 2.43. The molecule has 0 spiro atoms. The van der Waals surface area contributed by atoms with Gasteiger partial charge in [-0.05, 0) is 19.1 Å². The van der Waals surface area contributed by atoms with Crippen LogP contribution in [-0.4, -0.2) is 69.8 Å². The molecular weight excluding hydrogens is 356 g/mol. The van der Waals surface area contributed by atoms with Gasteiger partial charge in [0.05, 0.1) is 12.5 Å². The largest absolute Gasteiger partial charge is 0.473 e. The molecule has 1 aromatic heterocycles. The molecule has 2 aromatic rings. The maximum atomic E-state index is 12.2. The molecule has 0 radical (unpaired) electrons. The van der Waals surface area contributed by atoms with Gasteiger partial charge in [-0.15, -0.1) is 0 Å². The molecule has 27 heavy (non-hydrogen) atoms. The van der Waals surface area contributed by atoms with E-state index in [0.717, 1.165) is 18.8 Å². The topological polar surface area (TPSA) is 137 Å². The molecule has 1 fully saturated rings. The zero-order valence-corrected chi connectivity index (χ0v) is 14.9. The second-order valence-electron chi connectivity index (χ2n) is 5.97. The Balaban J connectivity index is 0.000000380. The Bertz CT molecular complexity index is 789. The number of anilines is 1. The summed E-state index contributed by atoms with van der Waals surface area (Å²) in [5.41, 5.74) is 0.909. The summed E-state index contributed by atoms with van der Waals surface area (Å²) in [6.45, 7) is 3.79. The summed E-state index contributed by atoms with van der Waals surface area (Å²) in [6, 6.07) is 9.65. The molecule has 1 aliphatic heterocycles. The van der Waals surface area contributed by atoms with Gasteiger partial charge in [-0.3, -0.25) is 9.69 Å². The number of likely N-dealkylation sites (N-methyl/N-ethyl adjacent to an activating group) is 1. The number of likely N-dealkylation sites (tertiary alicyclic amines) is 1. The third kappa shape index (κ3) is 5.61. The quantitative estimate of drug-likeness (QED) is 0.735. The molecule has 10 nitrogen and oxygen atoms in total. The van der Waals surface area contributed by atoms with Gasteiger partial charge in [-0.25, -0.2) is 9.59 Å². The van der Waals surface area contributed by atoms with Crippen molar-refractivity contribution < 1.29 is 29.1 Å². The monoisotopic (exact) mass is 376 g/mol. The van der Waals surface area contributed by atoms with Gasteiger partial charge in [0.2, 0.25) is 11.8 Å². The van der Waals surface area contributed by atoms with Crippen molar-refractivity contribution in [1.82, 2.24) is 15.0 Å². The number of hydrogen-bond acceptors (Lipinski definition) is 7. The van der Waals surface area contributed by atoms with Gasteiger partial charge in [-0.2, -0.15) is 4.98 Å². The van der Waals surface area contributed by atoms with E-state index in [1.54, 1.807) is 11.9 Å². The molecular formula is C17H20N4O6. The van der Waals surface area contributed by atoms with E-state index in [9.17, 15) is 4.79 Å². The molecule has 1 amide bonds. The lowest BCUT2D eigenvalue weighted by atomic mass is 10.0. The van der Waals surface area contributed by atoms with Crippen LogP contribution in [0.5, 0.6) is 0 Å². The van der Waals surface area contributed by atoms with Crippen LogP contribution in [0.25, 0.3) is 0 Å². The van der Waals surface area contributed by atoms with Gasteiger partial charge in [0, 0.05) is 25.8 Å². The van der Waals surface area contributed by atoms with Crippen LogP contribution >= 0.6 is 0 Å². The van der Waals surface area contributed by atoms with Crippen molar-refractivity contribution in [1.29, 1.82) is 0 Å². The van der Waals surface area contributed by atoms with Gasteiger partial charge in [-0.1, -0.05) is 23.4 Å². The third-order valence-electron chi connectivity index (χ3n) is 3.91. The van der Waals surface area contributed by atoms with Crippen LogP contribution < -0.4 is 4.90 Å². The van der Waals surface area contributed by atoms with Crippen LogP contribution in [0, 0.1) is 6.92 Å². The highest BCUT2D eigenvalue weighted by Gasteiger charge is 2.33. The predicted octanol–water partition coefficient (Wildman–Crippen LogP) is 0.596. The number of carboxylic acid groups (broad SMARTS) is 2. The number of benzene rings is 1. The number of aromatic nitrogens is 2. The van der Waals surface area contributed by atoms with Crippen molar-refractivity contribution in [2.75, 3.05) is 31.6 Å². The zero-order chi connectivity index (χ0) is 20.0. The molecule has 2 heterocycles. The molecule has 0 aliphatic carbocycles. The summed E-state index contributed by atoms with van der Waals surface area (Å²) >= 11 is 0. The average molecular weight is 376 g/mol. The van der Waals surface area contributed by atoms with Gasteiger partial charge in [0.1, 0.15) is 0 Å². The summed E-state index contributed by atoms with van der Waals surface area (Å²) in [6.07, 6.45) is 0. The number of carboxylic acids is 2. The SMILES string of the molecule is Cc1noc(C2CN(CC(=O)N(C)c3ccccc3)C2)n1.O=C(O)C(=O)O. The lowest BCUT2D eigenvalue weighted by Gasteiger charge is -2.37. The molecule has 2 N–H and O–H groups in total. The fourth-order valence-electron chi connectivity index (χ4n) is 2.43. The van der Waals surface area contributed by atoms with Gasteiger partial charge in [0.25, 0.3) is 0 Å². The number of aliphatic carboxylic acids is 2. The number of carbonyl (C=O) groups is 3. The second-order valence-corrected chi connectivity index (χ2v) is 5.97. The van der Waals surface area contributed by atoms with Crippen molar-refractivity contribution >= 4 is 23.5 Å². The van der Waals surface area contributed by atoms with Crippen LogP contribution in [0.1, 0.15) is 17.6 Å². The minimum atomic E-state index is -1.82. The normalized spacial score (nSPS) is 13.9. The van der Waals surface area contributed by atoms with Crippen molar-refractivity contribution in [3.63, 3.8) is 0 Å². The number of aryl methyl sites for hydroxylation is 1. The number of nitrogens with zero attached hydrogens (tertiary/aromatic N) is 4. The number of carbonyl (C=O) groups excluding carboxylic acids is 1. The Morgan fingerprint density at radius 3 is 2.26 bits per heavy atom. The molecule has 10 heteroatoms. The number of amides is 1. The van der Waals surface area contributed by atoms with Crippen LogP contribution in [0.3, 0.4) is 0 Å². The smallest absolute Gasteiger partial charge is 0.414 e. The Morgan fingerprint density at radius 2 is 1.78 bits per heavy atom. The fraction of sp³-hybridized carbons (Fsp3) is 0.353. The van der Waals surface area contributed by atoms with Crippen molar-refractivity contribution in [3.05, 3.63) is 42.0 Å². The molecule has 144 valence electrons.